The minimum absolute atomic E-state index is 0.0143. The van der Waals surface area contributed by atoms with Gasteiger partial charge in [0, 0.05) is 31.2 Å². The van der Waals surface area contributed by atoms with E-state index in [2.05, 4.69) is 20.2 Å². The SMILES string of the molecule is O=C(Cn1cnc2ccccc2c1=O)NC[C@@H]1CCCN(c2nccs2)C1. The Kier molecular flexibility index (Phi) is 5.15. The van der Waals surface area contributed by atoms with Gasteiger partial charge in [-0.05, 0) is 30.9 Å². The molecule has 0 bridgehead atoms. The van der Waals surface area contributed by atoms with Gasteiger partial charge in [-0.2, -0.15) is 0 Å². The maximum Gasteiger partial charge on any atom is 0.261 e. The molecule has 3 aromatic rings. The Labute approximate surface area is 160 Å². The number of carbonyl (C=O) groups excluding carboxylic acids is 1. The third-order valence-electron chi connectivity index (χ3n) is 4.84. The standard InChI is InChI=1S/C19H21N5O2S/c25-17(12-24-13-22-16-6-2-1-5-15(16)18(24)26)21-10-14-4-3-8-23(11-14)19-20-7-9-27-19/h1-2,5-7,9,13-14H,3-4,8,10-12H2,(H,21,25)/t14-/m0/s1. The molecule has 1 aliphatic heterocycles. The van der Waals surface area contributed by atoms with Crippen LogP contribution in [0.3, 0.4) is 0 Å². The first-order chi connectivity index (χ1) is 13.2. The average molecular weight is 383 g/mol. The van der Waals surface area contributed by atoms with Crippen LogP contribution < -0.4 is 15.8 Å². The Bertz CT molecular complexity index is 985. The number of anilines is 1. The van der Waals surface area contributed by atoms with Crippen molar-refractivity contribution in [2.24, 2.45) is 5.92 Å². The minimum Gasteiger partial charge on any atom is -0.354 e. The van der Waals surface area contributed by atoms with Crippen LogP contribution in [0.4, 0.5) is 5.13 Å². The molecule has 0 aliphatic carbocycles. The molecule has 1 atom stereocenters. The monoisotopic (exact) mass is 383 g/mol. The Morgan fingerprint density at radius 2 is 2.19 bits per heavy atom. The predicted octanol–water partition coefficient (Wildman–Crippen LogP) is 1.89. The van der Waals surface area contributed by atoms with Crippen molar-refractivity contribution in [3.05, 3.63) is 52.5 Å². The molecule has 2 aromatic heterocycles. The molecular formula is C19H21N5O2S. The van der Waals surface area contributed by atoms with Gasteiger partial charge >= 0.3 is 0 Å². The predicted molar refractivity (Wildman–Crippen MR) is 106 cm³/mol. The van der Waals surface area contributed by atoms with Crippen molar-refractivity contribution in [1.82, 2.24) is 19.9 Å². The van der Waals surface area contributed by atoms with E-state index in [1.165, 1.54) is 10.9 Å². The lowest BCUT2D eigenvalue weighted by atomic mass is 9.98. The quantitative estimate of drug-likeness (QED) is 0.728. The molecule has 0 saturated carbocycles. The van der Waals surface area contributed by atoms with Crippen molar-refractivity contribution in [2.45, 2.75) is 19.4 Å². The number of carbonyl (C=O) groups is 1. The molecule has 3 heterocycles. The summed E-state index contributed by atoms with van der Waals surface area (Å²) in [5, 5.41) is 6.52. The van der Waals surface area contributed by atoms with Crippen LogP contribution in [0.2, 0.25) is 0 Å². The molecule has 8 heteroatoms. The van der Waals surface area contributed by atoms with Crippen LogP contribution in [-0.2, 0) is 11.3 Å². The maximum absolute atomic E-state index is 12.5. The molecule has 0 unspecified atom stereocenters. The fraction of sp³-hybridized carbons (Fsp3) is 0.368. The van der Waals surface area contributed by atoms with Crippen LogP contribution in [0.1, 0.15) is 12.8 Å². The van der Waals surface area contributed by atoms with E-state index < -0.39 is 0 Å². The van der Waals surface area contributed by atoms with Crippen molar-refractivity contribution in [2.75, 3.05) is 24.5 Å². The Hall–Kier alpha value is -2.74. The minimum atomic E-state index is -0.191. The van der Waals surface area contributed by atoms with Gasteiger partial charge in [0.1, 0.15) is 6.54 Å². The number of fused-ring (bicyclic) bond motifs is 1. The van der Waals surface area contributed by atoms with Crippen LogP contribution in [0.15, 0.2) is 47.0 Å². The Balaban J connectivity index is 1.35. The summed E-state index contributed by atoms with van der Waals surface area (Å²) in [5.41, 5.74) is 0.451. The first kappa shape index (κ1) is 17.7. The van der Waals surface area contributed by atoms with Crippen LogP contribution in [0, 0.1) is 5.92 Å². The number of nitrogens with zero attached hydrogens (tertiary/aromatic N) is 4. The number of nitrogens with one attached hydrogen (secondary N) is 1. The Morgan fingerprint density at radius 3 is 3.04 bits per heavy atom. The zero-order valence-electron chi connectivity index (χ0n) is 14.9. The van der Waals surface area contributed by atoms with Crippen LogP contribution in [0.25, 0.3) is 10.9 Å². The molecule has 0 radical (unpaired) electrons. The second kappa shape index (κ2) is 7.87. The summed E-state index contributed by atoms with van der Waals surface area (Å²) in [5.74, 6) is 0.221. The highest BCUT2D eigenvalue weighted by Gasteiger charge is 2.22. The van der Waals surface area contributed by atoms with Gasteiger partial charge in [-0.3, -0.25) is 14.2 Å². The first-order valence-corrected chi connectivity index (χ1v) is 9.94. The molecule has 7 nitrogen and oxygen atoms in total. The smallest absolute Gasteiger partial charge is 0.261 e. The summed E-state index contributed by atoms with van der Waals surface area (Å²) in [6.07, 6.45) is 5.43. The lowest BCUT2D eigenvalue weighted by Crippen LogP contribution is -2.42. The number of amides is 1. The van der Waals surface area contributed by atoms with E-state index in [1.807, 2.05) is 17.6 Å². The molecule has 4 rings (SSSR count). The summed E-state index contributed by atoms with van der Waals surface area (Å²) in [4.78, 5) is 35.7. The topological polar surface area (TPSA) is 80.1 Å². The summed E-state index contributed by atoms with van der Waals surface area (Å²) in [7, 11) is 0. The lowest BCUT2D eigenvalue weighted by Gasteiger charge is -2.32. The van der Waals surface area contributed by atoms with E-state index in [1.54, 1.807) is 29.5 Å². The van der Waals surface area contributed by atoms with Gasteiger partial charge in [-0.1, -0.05) is 12.1 Å². The van der Waals surface area contributed by atoms with Gasteiger partial charge in [0.25, 0.3) is 5.56 Å². The number of benzene rings is 1. The normalized spacial score (nSPS) is 17.2. The molecule has 140 valence electrons. The number of piperidine rings is 1. The second-order valence-corrected chi connectivity index (χ2v) is 7.64. The van der Waals surface area contributed by atoms with Gasteiger partial charge in [-0.25, -0.2) is 9.97 Å². The highest BCUT2D eigenvalue weighted by molar-refractivity contribution is 7.13. The van der Waals surface area contributed by atoms with Gasteiger partial charge < -0.3 is 10.2 Å². The number of hydrogen-bond acceptors (Lipinski definition) is 6. The summed E-state index contributed by atoms with van der Waals surface area (Å²) in [6.45, 7) is 2.50. The van der Waals surface area contributed by atoms with E-state index in [4.69, 9.17) is 0 Å². The van der Waals surface area contributed by atoms with Crippen LogP contribution in [0.5, 0.6) is 0 Å². The van der Waals surface area contributed by atoms with E-state index in [0.29, 0.717) is 23.4 Å². The molecule has 1 amide bonds. The zero-order chi connectivity index (χ0) is 18.6. The third kappa shape index (κ3) is 4.00. The molecule has 1 aliphatic rings. The summed E-state index contributed by atoms with van der Waals surface area (Å²) < 4.78 is 1.36. The second-order valence-electron chi connectivity index (χ2n) is 6.77. The van der Waals surface area contributed by atoms with Gasteiger partial charge in [0.05, 0.1) is 17.2 Å². The number of para-hydroxylation sites is 1. The van der Waals surface area contributed by atoms with Gasteiger partial charge in [0.2, 0.25) is 5.91 Å². The van der Waals surface area contributed by atoms with E-state index in [-0.39, 0.29) is 18.0 Å². The fourth-order valence-electron chi connectivity index (χ4n) is 3.47. The summed E-state index contributed by atoms with van der Waals surface area (Å²) in [6, 6.07) is 7.16. The van der Waals surface area contributed by atoms with Crippen molar-refractivity contribution < 1.29 is 4.79 Å². The zero-order valence-corrected chi connectivity index (χ0v) is 15.7. The number of thiazole rings is 1. The molecule has 1 saturated heterocycles. The average Bonchev–Trinajstić information content (AvgIpc) is 3.24. The Morgan fingerprint density at radius 1 is 1.30 bits per heavy atom. The molecule has 27 heavy (non-hydrogen) atoms. The van der Waals surface area contributed by atoms with Crippen LogP contribution >= 0.6 is 11.3 Å². The van der Waals surface area contributed by atoms with Crippen molar-refractivity contribution >= 4 is 33.3 Å². The van der Waals surface area contributed by atoms with E-state index in [9.17, 15) is 9.59 Å². The van der Waals surface area contributed by atoms with Gasteiger partial charge in [0.15, 0.2) is 5.13 Å². The molecule has 1 N–H and O–H groups in total. The van der Waals surface area contributed by atoms with Crippen molar-refractivity contribution in [3.8, 4) is 0 Å². The highest BCUT2D eigenvalue weighted by atomic mass is 32.1. The van der Waals surface area contributed by atoms with E-state index >= 15 is 0 Å². The summed E-state index contributed by atoms with van der Waals surface area (Å²) >= 11 is 1.64. The third-order valence-corrected chi connectivity index (χ3v) is 5.67. The highest BCUT2D eigenvalue weighted by Crippen LogP contribution is 2.24. The van der Waals surface area contributed by atoms with Crippen molar-refractivity contribution in [3.63, 3.8) is 0 Å². The lowest BCUT2D eigenvalue weighted by molar-refractivity contribution is -0.121. The molecule has 1 aromatic carbocycles. The number of hydrogen-bond donors (Lipinski definition) is 1. The first-order valence-electron chi connectivity index (χ1n) is 9.06. The largest absolute Gasteiger partial charge is 0.354 e. The van der Waals surface area contributed by atoms with Gasteiger partial charge in [-0.15, -0.1) is 11.3 Å². The number of rotatable bonds is 5. The van der Waals surface area contributed by atoms with E-state index in [0.717, 1.165) is 31.1 Å². The maximum atomic E-state index is 12.5. The molecular weight excluding hydrogens is 362 g/mol. The molecule has 0 spiro atoms. The van der Waals surface area contributed by atoms with Crippen LogP contribution in [-0.4, -0.2) is 40.1 Å². The fourth-order valence-corrected chi connectivity index (χ4v) is 4.15. The number of aromatic nitrogens is 3. The molecule has 1 fully saturated rings. The van der Waals surface area contributed by atoms with Crippen molar-refractivity contribution in [1.29, 1.82) is 0 Å².